The third-order valence-electron chi connectivity index (χ3n) is 2.86. The molecule has 0 aliphatic heterocycles. The molecule has 124 valence electrons. The van der Waals surface area contributed by atoms with Crippen molar-refractivity contribution in [1.82, 2.24) is 9.62 Å². The molecule has 9 heteroatoms. The Morgan fingerprint density at radius 3 is 2.50 bits per heavy atom. The van der Waals surface area contributed by atoms with E-state index in [1.807, 2.05) is 0 Å². The molecule has 0 radical (unpaired) electrons. The van der Waals surface area contributed by atoms with Crippen LogP contribution in [0.2, 0.25) is 5.02 Å². The Kier molecular flexibility index (Phi) is 6.18. The maximum Gasteiger partial charge on any atom is 0.257 e. The van der Waals surface area contributed by atoms with Crippen molar-refractivity contribution in [3.63, 3.8) is 0 Å². The van der Waals surface area contributed by atoms with Gasteiger partial charge in [0.2, 0.25) is 10.0 Å². The summed E-state index contributed by atoms with van der Waals surface area (Å²) in [6.07, 6.45) is 0. The van der Waals surface area contributed by atoms with E-state index in [1.165, 1.54) is 24.1 Å². The fraction of sp³-hybridized carbons (Fsp3) is 0.462. The molecule has 0 aliphatic rings. The van der Waals surface area contributed by atoms with Gasteiger partial charge in [0.05, 0.1) is 12.7 Å². The van der Waals surface area contributed by atoms with Gasteiger partial charge in [0, 0.05) is 31.7 Å². The van der Waals surface area contributed by atoms with Crippen molar-refractivity contribution in [2.75, 3.05) is 27.7 Å². The number of nitrogens with one attached hydrogen (secondary N) is 1. The van der Waals surface area contributed by atoms with Crippen molar-refractivity contribution in [3.05, 3.63) is 22.7 Å². The zero-order chi connectivity index (χ0) is 17.1. The van der Waals surface area contributed by atoms with Gasteiger partial charge in [-0.25, -0.2) is 13.1 Å². The summed E-state index contributed by atoms with van der Waals surface area (Å²) in [6.45, 7) is 1.76. The number of ether oxygens (including phenoxy) is 1. The molecular formula is C13H20ClN3O4S. The number of nitrogens with zero attached hydrogens (tertiary/aromatic N) is 1. The van der Waals surface area contributed by atoms with Crippen molar-refractivity contribution in [1.29, 1.82) is 0 Å². The second kappa shape index (κ2) is 7.28. The minimum atomic E-state index is -3.93. The first kappa shape index (κ1) is 18.7. The SMILES string of the molecule is COc1c(C(=O)N(C)C)cc(Cl)cc1S(=O)(=O)N[C@H](C)CN. The Balaban J connectivity index is 3.52. The fourth-order valence-electron chi connectivity index (χ4n) is 1.75. The number of carbonyl (C=O) groups is 1. The lowest BCUT2D eigenvalue weighted by Gasteiger charge is -2.18. The van der Waals surface area contributed by atoms with Crippen molar-refractivity contribution < 1.29 is 17.9 Å². The van der Waals surface area contributed by atoms with Crippen molar-refractivity contribution in [3.8, 4) is 5.75 Å². The summed E-state index contributed by atoms with van der Waals surface area (Å²) in [7, 11) is 0.458. The predicted octanol–water partition coefficient (Wildman–Crippen LogP) is 0.676. The Hall–Kier alpha value is -1.35. The van der Waals surface area contributed by atoms with Gasteiger partial charge in [-0.15, -0.1) is 0 Å². The highest BCUT2D eigenvalue weighted by Gasteiger charge is 2.27. The van der Waals surface area contributed by atoms with Gasteiger partial charge < -0.3 is 15.4 Å². The van der Waals surface area contributed by atoms with Gasteiger partial charge in [0.1, 0.15) is 4.90 Å². The van der Waals surface area contributed by atoms with Crippen LogP contribution in [0, 0.1) is 0 Å². The number of amides is 1. The monoisotopic (exact) mass is 349 g/mol. The van der Waals surface area contributed by atoms with Gasteiger partial charge in [-0.1, -0.05) is 11.6 Å². The van der Waals surface area contributed by atoms with E-state index in [2.05, 4.69) is 4.72 Å². The van der Waals surface area contributed by atoms with E-state index in [0.29, 0.717) is 0 Å². The molecule has 1 aromatic rings. The van der Waals surface area contributed by atoms with Gasteiger partial charge in [-0.2, -0.15) is 0 Å². The standard InChI is InChI=1S/C13H20ClN3O4S/c1-8(7-15)16-22(19,20)11-6-9(14)5-10(12(11)21-4)13(18)17(2)3/h5-6,8,16H,7,15H2,1-4H3/t8-/m1/s1. The van der Waals surface area contributed by atoms with Crippen LogP contribution in [0.1, 0.15) is 17.3 Å². The molecule has 3 N–H and O–H groups in total. The summed E-state index contributed by atoms with van der Waals surface area (Å²) in [5.41, 5.74) is 5.50. The van der Waals surface area contributed by atoms with Gasteiger partial charge in [0.15, 0.2) is 5.75 Å². The molecule has 22 heavy (non-hydrogen) atoms. The fourth-order valence-corrected chi connectivity index (χ4v) is 3.51. The number of hydrogen-bond acceptors (Lipinski definition) is 5. The first-order valence-electron chi connectivity index (χ1n) is 6.45. The predicted molar refractivity (Wildman–Crippen MR) is 84.9 cm³/mol. The van der Waals surface area contributed by atoms with E-state index >= 15 is 0 Å². The lowest BCUT2D eigenvalue weighted by molar-refractivity contribution is 0.0824. The van der Waals surface area contributed by atoms with Crippen LogP contribution in [0.15, 0.2) is 17.0 Å². The summed E-state index contributed by atoms with van der Waals surface area (Å²) in [4.78, 5) is 13.3. The first-order chi connectivity index (χ1) is 10.1. The average Bonchev–Trinajstić information content (AvgIpc) is 2.44. The molecule has 0 fully saturated rings. The molecule has 0 aliphatic carbocycles. The molecular weight excluding hydrogens is 330 g/mol. The third kappa shape index (κ3) is 4.10. The van der Waals surface area contributed by atoms with Crippen LogP contribution >= 0.6 is 11.6 Å². The summed E-state index contributed by atoms with van der Waals surface area (Å²) >= 11 is 5.96. The molecule has 0 spiro atoms. The Labute approximate surface area is 135 Å². The Morgan fingerprint density at radius 2 is 2.05 bits per heavy atom. The highest BCUT2D eigenvalue weighted by atomic mass is 35.5. The molecule has 0 unspecified atom stereocenters. The number of nitrogens with two attached hydrogens (primary N) is 1. The summed E-state index contributed by atoms with van der Waals surface area (Å²) in [5, 5.41) is 0.117. The summed E-state index contributed by atoms with van der Waals surface area (Å²) < 4.78 is 32.4. The second-order valence-electron chi connectivity index (χ2n) is 4.94. The number of sulfonamides is 1. The van der Waals surface area contributed by atoms with Gasteiger partial charge in [-0.3, -0.25) is 4.79 Å². The minimum absolute atomic E-state index is 0.0557. The molecule has 0 heterocycles. The van der Waals surface area contributed by atoms with E-state index in [0.717, 1.165) is 0 Å². The highest BCUT2D eigenvalue weighted by Crippen LogP contribution is 2.32. The van der Waals surface area contributed by atoms with Crippen LogP contribution in [0.4, 0.5) is 0 Å². The van der Waals surface area contributed by atoms with Crippen LogP contribution in [-0.4, -0.2) is 53.0 Å². The van der Waals surface area contributed by atoms with E-state index in [1.54, 1.807) is 21.0 Å². The molecule has 0 aromatic heterocycles. The molecule has 1 atom stereocenters. The molecule has 0 saturated carbocycles. The number of hydrogen-bond donors (Lipinski definition) is 2. The van der Waals surface area contributed by atoms with Crippen molar-refractivity contribution in [2.24, 2.45) is 5.73 Å². The molecule has 1 rings (SSSR count). The average molecular weight is 350 g/mol. The zero-order valence-corrected chi connectivity index (χ0v) is 14.5. The van der Waals surface area contributed by atoms with Crippen LogP contribution in [0.3, 0.4) is 0 Å². The topological polar surface area (TPSA) is 102 Å². The van der Waals surface area contributed by atoms with E-state index in [-0.39, 0.29) is 27.8 Å². The largest absolute Gasteiger partial charge is 0.494 e. The van der Waals surface area contributed by atoms with E-state index < -0.39 is 22.0 Å². The van der Waals surface area contributed by atoms with Crippen molar-refractivity contribution in [2.45, 2.75) is 17.9 Å². The van der Waals surface area contributed by atoms with Gasteiger partial charge in [-0.05, 0) is 19.1 Å². The first-order valence-corrected chi connectivity index (χ1v) is 8.31. The highest BCUT2D eigenvalue weighted by molar-refractivity contribution is 7.89. The molecule has 1 aromatic carbocycles. The molecule has 0 bridgehead atoms. The number of halogens is 1. The van der Waals surface area contributed by atoms with Gasteiger partial charge >= 0.3 is 0 Å². The minimum Gasteiger partial charge on any atom is -0.494 e. The lowest BCUT2D eigenvalue weighted by Crippen LogP contribution is -2.38. The molecule has 1 amide bonds. The van der Waals surface area contributed by atoms with Crippen LogP contribution in [0.25, 0.3) is 0 Å². The second-order valence-corrected chi connectivity index (χ2v) is 7.06. The quantitative estimate of drug-likeness (QED) is 0.786. The summed E-state index contributed by atoms with van der Waals surface area (Å²) in [6, 6.07) is 2.13. The van der Waals surface area contributed by atoms with E-state index in [9.17, 15) is 13.2 Å². The zero-order valence-electron chi connectivity index (χ0n) is 12.9. The maximum absolute atomic E-state index is 12.4. The Morgan fingerprint density at radius 1 is 1.45 bits per heavy atom. The van der Waals surface area contributed by atoms with Gasteiger partial charge in [0.25, 0.3) is 5.91 Å². The van der Waals surface area contributed by atoms with Crippen LogP contribution in [-0.2, 0) is 10.0 Å². The lowest BCUT2D eigenvalue weighted by atomic mass is 10.2. The number of rotatable bonds is 6. The van der Waals surface area contributed by atoms with Crippen molar-refractivity contribution >= 4 is 27.5 Å². The third-order valence-corrected chi connectivity index (χ3v) is 4.67. The number of benzene rings is 1. The number of carbonyl (C=O) groups excluding carboxylic acids is 1. The molecule has 7 nitrogen and oxygen atoms in total. The Bertz CT molecular complexity index is 661. The van der Waals surface area contributed by atoms with Crippen LogP contribution < -0.4 is 15.2 Å². The maximum atomic E-state index is 12.4. The smallest absolute Gasteiger partial charge is 0.257 e. The van der Waals surface area contributed by atoms with Crippen LogP contribution in [0.5, 0.6) is 5.75 Å². The normalized spacial score (nSPS) is 12.8. The number of methoxy groups -OCH3 is 1. The molecule has 0 saturated heterocycles. The summed E-state index contributed by atoms with van der Waals surface area (Å²) in [5.74, 6) is -0.470. The van der Waals surface area contributed by atoms with E-state index in [4.69, 9.17) is 22.1 Å².